The number of methoxy groups -OCH3 is 1. The van der Waals surface area contributed by atoms with Crippen LogP contribution in [-0.4, -0.2) is 23.8 Å². The molecule has 0 bridgehead atoms. The van der Waals surface area contributed by atoms with Crippen LogP contribution in [0.1, 0.15) is 27.1 Å². The lowest BCUT2D eigenvalue weighted by atomic mass is 10.3. The largest absolute Gasteiger partial charge is 0.464 e. The van der Waals surface area contributed by atoms with Gasteiger partial charge in [0.15, 0.2) is 11.5 Å². The minimum Gasteiger partial charge on any atom is -0.464 e. The predicted molar refractivity (Wildman–Crippen MR) is 74.5 cm³/mol. The summed E-state index contributed by atoms with van der Waals surface area (Å²) in [4.78, 5) is 28.5. The summed E-state index contributed by atoms with van der Waals surface area (Å²) in [5, 5.41) is 2.55. The van der Waals surface area contributed by atoms with Gasteiger partial charge in [0, 0.05) is 11.4 Å². The molecule has 0 N–H and O–H groups in total. The molecule has 94 valence electrons. The Hall–Kier alpha value is -1.05. The van der Waals surface area contributed by atoms with E-state index in [1.807, 2.05) is 11.4 Å². The van der Waals surface area contributed by atoms with Gasteiger partial charge in [-0.3, -0.25) is 4.79 Å². The van der Waals surface area contributed by atoms with Crippen molar-refractivity contribution in [2.75, 3.05) is 7.11 Å². The van der Waals surface area contributed by atoms with E-state index >= 15 is 0 Å². The molecule has 0 unspecified atom stereocenters. The van der Waals surface area contributed by atoms with E-state index in [2.05, 4.69) is 25.7 Å². The number of ketones is 1. The van der Waals surface area contributed by atoms with Crippen LogP contribution in [0.25, 0.3) is 9.88 Å². The van der Waals surface area contributed by atoms with Crippen LogP contribution in [0.5, 0.6) is 0 Å². The molecule has 0 saturated heterocycles. The van der Waals surface area contributed by atoms with E-state index in [1.54, 1.807) is 0 Å². The van der Waals surface area contributed by atoms with Gasteiger partial charge in [0.05, 0.1) is 12.0 Å². The van der Waals surface area contributed by atoms with Crippen LogP contribution in [0.4, 0.5) is 0 Å². The van der Waals surface area contributed by atoms with Gasteiger partial charge in [-0.2, -0.15) is 0 Å². The number of hydrogen-bond acceptors (Lipinski definition) is 6. The van der Waals surface area contributed by atoms with E-state index in [-0.39, 0.29) is 11.5 Å². The summed E-state index contributed by atoms with van der Waals surface area (Å²) in [7, 11) is 1.27. The molecule has 0 aromatic carbocycles. The summed E-state index contributed by atoms with van der Waals surface area (Å²) in [6.07, 6.45) is 0. The number of carbonyl (C=O) groups excluding carboxylic acids is 2. The van der Waals surface area contributed by atoms with Gasteiger partial charge >= 0.3 is 5.97 Å². The molecule has 2 aromatic rings. The fourth-order valence-electron chi connectivity index (χ4n) is 1.34. The molecule has 0 aliphatic heterocycles. The molecule has 2 aromatic heterocycles. The van der Waals surface area contributed by atoms with Crippen molar-refractivity contribution in [3.63, 3.8) is 0 Å². The highest BCUT2D eigenvalue weighted by Crippen LogP contribution is 2.37. The van der Waals surface area contributed by atoms with Gasteiger partial charge in [-0.25, -0.2) is 9.78 Å². The Bertz CT molecular complexity index is 618. The first kappa shape index (κ1) is 13.4. The number of carbonyl (C=O) groups is 2. The lowest BCUT2D eigenvalue weighted by molar-refractivity contribution is 0.0591. The summed E-state index contributed by atoms with van der Waals surface area (Å²) in [6.45, 7) is 1.41. The number of nitrogens with zero attached hydrogens (tertiary/aromatic N) is 1. The fourth-order valence-corrected chi connectivity index (χ4v) is 4.08. The average Bonchev–Trinajstić information content (AvgIpc) is 2.93. The van der Waals surface area contributed by atoms with Crippen molar-refractivity contribution < 1.29 is 14.3 Å². The topological polar surface area (TPSA) is 56.3 Å². The number of esters is 1. The van der Waals surface area contributed by atoms with Crippen LogP contribution >= 0.6 is 38.6 Å². The second-order valence-electron chi connectivity index (χ2n) is 3.34. The van der Waals surface area contributed by atoms with Crippen molar-refractivity contribution in [2.24, 2.45) is 0 Å². The van der Waals surface area contributed by atoms with Crippen molar-refractivity contribution in [2.45, 2.75) is 6.92 Å². The third-order valence-electron chi connectivity index (χ3n) is 2.14. The molecule has 0 spiro atoms. The monoisotopic (exact) mass is 345 g/mol. The molecule has 7 heteroatoms. The number of hydrogen-bond donors (Lipinski definition) is 0. The van der Waals surface area contributed by atoms with Crippen molar-refractivity contribution >= 4 is 50.4 Å². The third-order valence-corrected chi connectivity index (χ3v) is 5.28. The third kappa shape index (κ3) is 2.38. The summed E-state index contributed by atoms with van der Waals surface area (Å²) in [5.74, 6) is -0.776. The van der Waals surface area contributed by atoms with E-state index in [0.717, 1.165) is 9.35 Å². The van der Waals surface area contributed by atoms with Gasteiger partial charge in [-0.05, 0) is 27.4 Å². The normalized spacial score (nSPS) is 10.4. The molecular weight excluding hydrogens is 338 g/mol. The number of thiazole rings is 1. The first-order valence-electron chi connectivity index (χ1n) is 4.88. The van der Waals surface area contributed by atoms with Gasteiger partial charge in [-0.1, -0.05) is 0 Å². The quantitative estimate of drug-likeness (QED) is 0.629. The van der Waals surface area contributed by atoms with Crippen LogP contribution in [0, 0.1) is 0 Å². The van der Waals surface area contributed by atoms with E-state index in [9.17, 15) is 9.59 Å². The standard InChI is InChI=1S/C11H8BrNO3S2/c1-5(14)8-7(11(15)16-2)13-10(18-8)9-6(12)3-4-17-9/h3-4H,1-2H3. The number of rotatable bonds is 3. The van der Waals surface area contributed by atoms with Gasteiger partial charge in [0.2, 0.25) is 0 Å². The van der Waals surface area contributed by atoms with Gasteiger partial charge in [0.25, 0.3) is 0 Å². The molecule has 2 rings (SSSR count). The zero-order valence-electron chi connectivity index (χ0n) is 9.52. The molecule has 0 aliphatic rings. The molecule has 18 heavy (non-hydrogen) atoms. The second kappa shape index (κ2) is 5.29. The first-order chi connectivity index (χ1) is 8.54. The molecular formula is C11H8BrNO3S2. The van der Waals surface area contributed by atoms with Gasteiger partial charge < -0.3 is 4.74 Å². The van der Waals surface area contributed by atoms with Crippen molar-refractivity contribution in [1.29, 1.82) is 0 Å². The van der Waals surface area contributed by atoms with Gasteiger partial charge in [0.1, 0.15) is 9.88 Å². The molecule has 4 nitrogen and oxygen atoms in total. The van der Waals surface area contributed by atoms with Gasteiger partial charge in [-0.15, -0.1) is 22.7 Å². The fraction of sp³-hybridized carbons (Fsp3) is 0.182. The minimum absolute atomic E-state index is 0.0882. The minimum atomic E-state index is -0.588. The van der Waals surface area contributed by atoms with E-state index in [1.165, 1.54) is 36.7 Å². The van der Waals surface area contributed by atoms with Crippen molar-refractivity contribution in [1.82, 2.24) is 4.98 Å². The number of aromatic nitrogens is 1. The summed E-state index contributed by atoms with van der Waals surface area (Å²) < 4.78 is 5.53. The smallest absolute Gasteiger partial charge is 0.358 e. The number of halogens is 1. The Kier molecular flexibility index (Phi) is 3.94. The summed E-state index contributed by atoms with van der Waals surface area (Å²) >= 11 is 6.10. The highest BCUT2D eigenvalue weighted by Gasteiger charge is 2.23. The van der Waals surface area contributed by atoms with Crippen LogP contribution in [0.15, 0.2) is 15.9 Å². The number of ether oxygens (including phenoxy) is 1. The Morgan fingerprint density at radius 3 is 2.67 bits per heavy atom. The predicted octanol–water partition coefficient (Wildman–Crippen LogP) is 3.62. The zero-order chi connectivity index (χ0) is 13.3. The zero-order valence-corrected chi connectivity index (χ0v) is 12.7. The molecule has 0 fully saturated rings. The van der Waals surface area contributed by atoms with Crippen molar-refractivity contribution in [3.8, 4) is 9.88 Å². The Morgan fingerprint density at radius 1 is 1.44 bits per heavy atom. The molecule has 0 amide bonds. The second-order valence-corrected chi connectivity index (χ2v) is 6.11. The number of Topliss-reactive ketones (excluding diaryl/α,β-unsaturated/α-hetero) is 1. The van der Waals surface area contributed by atoms with Crippen LogP contribution < -0.4 is 0 Å². The summed E-state index contributed by atoms with van der Waals surface area (Å²) in [5.41, 5.74) is 0.0882. The molecule has 0 saturated carbocycles. The molecule has 0 aliphatic carbocycles. The maximum absolute atomic E-state index is 11.6. The SMILES string of the molecule is COC(=O)c1nc(-c2sccc2Br)sc1C(C)=O. The maximum atomic E-state index is 11.6. The van der Waals surface area contributed by atoms with Crippen LogP contribution in [0.3, 0.4) is 0 Å². The van der Waals surface area contributed by atoms with Crippen LogP contribution in [0.2, 0.25) is 0 Å². The Morgan fingerprint density at radius 2 is 2.17 bits per heavy atom. The molecule has 0 radical (unpaired) electrons. The average molecular weight is 346 g/mol. The lowest BCUT2D eigenvalue weighted by Gasteiger charge is -1.95. The Labute approximate surface area is 120 Å². The maximum Gasteiger partial charge on any atom is 0.358 e. The highest BCUT2D eigenvalue weighted by atomic mass is 79.9. The highest BCUT2D eigenvalue weighted by molar-refractivity contribution is 9.10. The first-order valence-corrected chi connectivity index (χ1v) is 7.37. The van der Waals surface area contributed by atoms with Crippen molar-refractivity contribution in [3.05, 3.63) is 26.5 Å². The Balaban J connectivity index is 2.56. The van der Waals surface area contributed by atoms with Crippen LogP contribution in [-0.2, 0) is 4.74 Å². The lowest BCUT2D eigenvalue weighted by Crippen LogP contribution is -2.06. The van der Waals surface area contributed by atoms with E-state index < -0.39 is 5.97 Å². The van der Waals surface area contributed by atoms with E-state index in [4.69, 9.17) is 0 Å². The summed E-state index contributed by atoms with van der Waals surface area (Å²) in [6, 6.07) is 1.90. The van der Waals surface area contributed by atoms with E-state index in [0.29, 0.717) is 9.88 Å². The molecule has 0 atom stereocenters. The molecule has 2 heterocycles. The number of thiophene rings is 1.